The highest BCUT2D eigenvalue weighted by Crippen LogP contribution is 2.31. The molecule has 1 saturated heterocycles. The Morgan fingerprint density at radius 3 is 2.67 bits per heavy atom. The molecule has 160 valence electrons. The van der Waals surface area contributed by atoms with E-state index in [9.17, 15) is 18.0 Å². The lowest BCUT2D eigenvalue weighted by molar-refractivity contribution is -0.138. The molecule has 3 aromatic rings. The topological polar surface area (TPSA) is 72.7 Å². The monoisotopic (exact) mass is 439 g/mol. The zero-order chi connectivity index (χ0) is 20.6. The fraction of sp³-hybridized carbons (Fsp3) is 0.400. The summed E-state index contributed by atoms with van der Waals surface area (Å²) in [5.74, 6) is 0.0355. The molecule has 0 aliphatic carbocycles. The summed E-state index contributed by atoms with van der Waals surface area (Å²) < 4.78 is 41.6. The van der Waals surface area contributed by atoms with Gasteiger partial charge in [0, 0.05) is 18.0 Å². The Morgan fingerprint density at radius 1 is 1.23 bits per heavy atom. The van der Waals surface area contributed by atoms with Gasteiger partial charge in [0.15, 0.2) is 5.65 Å². The highest BCUT2D eigenvalue weighted by Gasteiger charge is 2.34. The molecule has 1 N–H and O–H groups in total. The first-order chi connectivity index (χ1) is 13.8. The number of aryl methyl sites for hydroxylation is 1. The van der Waals surface area contributed by atoms with Gasteiger partial charge in [0.05, 0.1) is 23.5 Å². The molecule has 4 rings (SSSR count). The molecular weight excluding hydrogens is 419 g/mol. The molecule has 4 heterocycles. The van der Waals surface area contributed by atoms with Gasteiger partial charge in [-0.25, -0.2) is 4.98 Å². The molecule has 0 radical (unpaired) electrons. The van der Waals surface area contributed by atoms with E-state index in [-0.39, 0.29) is 41.8 Å². The summed E-state index contributed by atoms with van der Waals surface area (Å²) in [4.78, 5) is 26.0. The van der Waals surface area contributed by atoms with Gasteiger partial charge in [0.2, 0.25) is 0 Å². The van der Waals surface area contributed by atoms with Crippen molar-refractivity contribution < 1.29 is 13.2 Å². The Morgan fingerprint density at radius 2 is 1.97 bits per heavy atom. The van der Waals surface area contributed by atoms with Gasteiger partial charge in [-0.1, -0.05) is 0 Å². The number of pyridine rings is 2. The summed E-state index contributed by atoms with van der Waals surface area (Å²) in [6, 6.07) is 3.95. The van der Waals surface area contributed by atoms with Gasteiger partial charge in [0.25, 0.3) is 5.56 Å². The van der Waals surface area contributed by atoms with Crippen LogP contribution in [0.15, 0.2) is 35.4 Å². The SMILES string of the molecule is Cc1cnc2cc(C3CCNCC3)c(=O)n(Cc3ncccc3C(F)(F)F)c2n1.Cl. The van der Waals surface area contributed by atoms with Crippen LogP contribution >= 0.6 is 12.4 Å². The zero-order valence-electron chi connectivity index (χ0n) is 16.2. The van der Waals surface area contributed by atoms with Crippen LogP contribution in [-0.2, 0) is 12.7 Å². The average Bonchev–Trinajstić information content (AvgIpc) is 2.70. The quantitative estimate of drug-likeness (QED) is 0.676. The molecule has 0 aromatic carbocycles. The highest BCUT2D eigenvalue weighted by molar-refractivity contribution is 5.85. The average molecular weight is 440 g/mol. The molecule has 6 nitrogen and oxygen atoms in total. The van der Waals surface area contributed by atoms with Crippen LogP contribution in [0.5, 0.6) is 0 Å². The third-order valence-electron chi connectivity index (χ3n) is 5.22. The van der Waals surface area contributed by atoms with Crippen molar-refractivity contribution in [2.45, 2.75) is 38.4 Å². The minimum absolute atomic E-state index is 0. The van der Waals surface area contributed by atoms with E-state index in [1.54, 1.807) is 19.2 Å². The summed E-state index contributed by atoms with van der Waals surface area (Å²) in [5.41, 5.74) is 0.517. The number of piperidine rings is 1. The van der Waals surface area contributed by atoms with Crippen LogP contribution in [0.3, 0.4) is 0 Å². The van der Waals surface area contributed by atoms with E-state index >= 15 is 0 Å². The van der Waals surface area contributed by atoms with Crippen LogP contribution in [0.25, 0.3) is 11.2 Å². The molecule has 0 saturated carbocycles. The van der Waals surface area contributed by atoms with E-state index in [1.165, 1.54) is 16.8 Å². The molecule has 0 unspecified atom stereocenters. The van der Waals surface area contributed by atoms with Crippen LogP contribution < -0.4 is 10.9 Å². The lowest BCUT2D eigenvalue weighted by Gasteiger charge is -2.23. The molecule has 1 fully saturated rings. The third kappa shape index (κ3) is 4.32. The first-order valence-corrected chi connectivity index (χ1v) is 9.43. The maximum Gasteiger partial charge on any atom is 0.418 e. The molecule has 3 aromatic heterocycles. The first-order valence-electron chi connectivity index (χ1n) is 9.43. The lowest BCUT2D eigenvalue weighted by Crippen LogP contribution is -2.33. The van der Waals surface area contributed by atoms with Crippen LogP contribution in [0, 0.1) is 6.92 Å². The minimum Gasteiger partial charge on any atom is -0.317 e. The number of rotatable bonds is 3. The zero-order valence-corrected chi connectivity index (χ0v) is 17.1. The highest BCUT2D eigenvalue weighted by atomic mass is 35.5. The van der Waals surface area contributed by atoms with E-state index < -0.39 is 11.7 Å². The minimum atomic E-state index is -4.56. The van der Waals surface area contributed by atoms with Crippen molar-refractivity contribution in [1.29, 1.82) is 0 Å². The van der Waals surface area contributed by atoms with Gasteiger partial charge in [-0.3, -0.25) is 19.3 Å². The fourth-order valence-corrected chi connectivity index (χ4v) is 3.78. The second-order valence-electron chi connectivity index (χ2n) is 7.23. The standard InChI is InChI=1S/C20H20F3N5O.ClH/c1-12-10-26-16-9-14(13-4-7-24-8-5-13)19(29)28(18(16)27-12)11-17-15(20(21,22)23)3-2-6-25-17;/h2-3,6,9-10,13,24H,4-5,7-8,11H2,1H3;1H. The Labute approximate surface area is 177 Å². The van der Waals surface area contributed by atoms with E-state index in [0.717, 1.165) is 32.0 Å². The number of alkyl halides is 3. The normalized spacial score (nSPS) is 15.2. The number of nitrogens with zero attached hydrogens (tertiary/aromatic N) is 4. The second kappa shape index (κ2) is 8.69. The van der Waals surface area contributed by atoms with Gasteiger partial charge in [-0.2, -0.15) is 13.2 Å². The summed E-state index contributed by atoms with van der Waals surface area (Å²) in [5, 5.41) is 3.26. The predicted molar refractivity (Wildman–Crippen MR) is 109 cm³/mol. The van der Waals surface area contributed by atoms with Gasteiger partial charge >= 0.3 is 6.18 Å². The molecule has 0 spiro atoms. The maximum absolute atomic E-state index is 13.4. The van der Waals surface area contributed by atoms with Crippen LogP contribution in [0.1, 0.15) is 41.3 Å². The van der Waals surface area contributed by atoms with Crippen molar-refractivity contribution in [3.8, 4) is 0 Å². The van der Waals surface area contributed by atoms with Crippen LogP contribution in [0.2, 0.25) is 0 Å². The van der Waals surface area contributed by atoms with Crippen molar-refractivity contribution in [3.63, 3.8) is 0 Å². The largest absolute Gasteiger partial charge is 0.418 e. The molecule has 1 aliphatic heterocycles. The third-order valence-corrected chi connectivity index (χ3v) is 5.22. The lowest BCUT2D eigenvalue weighted by atomic mass is 9.91. The molecule has 0 bridgehead atoms. The van der Waals surface area contributed by atoms with E-state index in [2.05, 4.69) is 20.3 Å². The Bertz CT molecular complexity index is 1110. The Balaban J connectivity index is 0.00000256. The molecule has 10 heteroatoms. The van der Waals surface area contributed by atoms with Crippen molar-refractivity contribution in [2.24, 2.45) is 0 Å². The van der Waals surface area contributed by atoms with Crippen LogP contribution in [0.4, 0.5) is 13.2 Å². The molecular formula is C20H21ClF3N5O. The summed E-state index contributed by atoms with van der Waals surface area (Å²) in [6.07, 6.45) is -0.0945. The van der Waals surface area contributed by atoms with Gasteiger partial charge in [0.1, 0.15) is 5.52 Å². The molecule has 1 aliphatic rings. The second-order valence-corrected chi connectivity index (χ2v) is 7.23. The maximum atomic E-state index is 13.4. The summed E-state index contributed by atoms with van der Waals surface area (Å²) in [6.45, 7) is 2.99. The number of aromatic nitrogens is 4. The molecule has 0 amide bonds. The Kier molecular flexibility index (Phi) is 6.42. The molecule has 30 heavy (non-hydrogen) atoms. The smallest absolute Gasteiger partial charge is 0.317 e. The summed E-state index contributed by atoms with van der Waals surface area (Å²) in [7, 11) is 0. The predicted octanol–water partition coefficient (Wildman–Crippen LogP) is 3.45. The Hall–Kier alpha value is -2.52. The van der Waals surface area contributed by atoms with Crippen LogP contribution in [-0.4, -0.2) is 32.6 Å². The number of hydrogen-bond donors (Lipinski definition) is 1. The number of nitrogens with one attached hydrogen (secondary N) is 1. The van der Waals surface area contributed by atoms with E-state index in [4.69, 9.17) is 0 Å². The fourth-order valence-electron chi connectivity index (χ4n) is 3.78. The number of fused-ring (bicyclic) bond motifs is 1. The first kappa shape index (κ1) is 22.2. The van der Waals surface area contributed by atoms with E-state index in [0.29, 0.717) is 16.8 Å². The molecule has 0 atom stereocenters. The van der Waals surface area contributed by atoms with Gasteiger partial charge in [-0.05, 0) is 57.0 Å². The van der Waals surface area contributed by atoms with Crippen molar-refractivity contribution in [1.82, 2.24) is 24.8 Å². The summed E-state index contributed by atoms with van der Waals surface area (Å²) >= 11 is 0. The van der Waals surface area contributed by atoms with Gasteiger partial charge in [-0.15, -0.1) is 12.4 Å². The van der Waals surface area contributed by atoms with Crippen molar-refractivity contribution in [2.75, 3.05) is 13.1 Å². The van der Waals surface area contributed by atoms with Crippen molar-refractivity contribution >= 4 is 23.6 Å². The van der Waals surface area contributed by atoms with E-state index in [1.807, 2.05) is 0 Å². The van der Waals surface area contributed by atoms with Crippen molar-refractivity contribution in [3.05, 3.63) is 63.5 Å². The number of hydrogen-bond acceptors (Lipinski definition) is 5. The number of halogens is 4. The van der Waals surface area contributed by atoms with Gasteiger partial charge < -0.3 is 5.32 Å².